The largest absolute Gasteiger partial charge is 0.385 e. The van der Waals surface area contributed by atoms with Crippen LogP contribution in [0.2, 0.25) is 0 Å². The van der Waals surface area contributed by atoms with Gasteiger partial charge in [-0.3, -0.25) is 10.1 Å². The molecule has 0 spiro atoms. The topological polar surface area (TPSA) is 41.6 Å². The van der Waals surface area contributed by atoms with Crippen molar-refractivity contribution in [1.29, 1.82) is 0 Å². The Morgan fingerprint density at radius 2 is 2.05 bits per heavy atom. The standard InChI is InChI=1S/C17H26N2O2/c1-4-8-15-17(20)19(13(2)11-12-21-3)16(18-15)14-9-6-5-7-10-14/h5-7,9-10,13,15-16,18H,4,8,11-12H2,1-3H3. The van der Waals surface area contributed by atoms with Gasteiger partial charge < -0.3 is 9.64 Å². The number of hydrogen-bond donors (Lipinski definition) is 1. The van der Waals surface area contributed by atoms with Gasteiger partial charge in [0.2, 0.25) is 5.91 Å². The monoisotopic (exact) mass is 290 g/mol. The van der Waals surface area contributed by atoms with Crippen LogP contribution in [0.1, 0.15) is 44.8 Å². The molecule has 1 amide bonds. The number of ether oxygens (including phenoxy) is 1. The van der Waals surface area contributed by atoms with Gasteiger partial charge in [-0.1, -0.05) is 43.7 Å². The summed E-state index contributed by atoms with van der Waals surface area (Å²) in [5, 5.41) is 3.50. The van der Waals surface area contributed by atoms with Crippen LogP contribution < -0.4 is 5.32 Å². The van der Waals surface area contributed by atoms with Crippen LogP contribution in [0.3, 0.4) is 0 Å². The van der Waals surface area contributed by atoms with E-state index in [0.717, 1.165) is 24.8 Å². The van der Waals surface area contributed by atoms with Gasteiger partial charge in [0, 0.05) is 19.8 Å². The summed E-state index contributed by atoms with van der Waals surface area (Å²) >= 11 is 0. The summed E-state index contributed by atoms with van der Waals surface area (Å²) < 4.78 is 5.16. The lowest BCUT2D eigenvalue weighted by Crippen LogP contribution is -2.39. The summed E-state index contributed by atoms with van der Waals surface area (Å²) in [6.45, 7) is 4.89. The van der Waals surface area contributed by atoms with Gasteiger partial charge in [-0.25, -0.2) is 0 Å². The number of methoxy groups -OCH3 is 1. The van der Waals surface area contributed by atoms with E-state index in [2.05, 4.69) is 31.3 Å². The summed E-state index contributed by atoms with van der Waals surface area (Å²) in [6.07, 6.45) is 2.72. The number of carbonyl (C=O) groups excluding carboxylic acids is 1. The first kappa shape index (κ1) is 16.0. The number of rotatable bonds is 7. The predicted octanol–water partition coefficient (Wildman–Crippen LogP) is 2.71. The summed E-state index contributed by atoms with van der Waals surface area (Å²) in [6, 6.07) is 10.3. The molecule has 1 aliphatic heterocycles. The average molecular weight is 290 g/mol. The molecule has 3 unspecified atom stereocenters. The highest BCUT2D eigenvalue weighted by atomic mass is 16.5. The highest BCUT2D eigenvalue weighted by molar-refractivity contribution is 5.84. The first-order chi connectivity index (χ1) is 10.2. The van der Waals surface area contributed by atoms with Gasteiger partial charge in [0.15, 0.2) is 0 Å². The molecule has 0 saturated carbocycles. The third kappa shape index (κ3) is 3.63. The van der Waals surface area contributed by atoms with Crippen molar-refractivity contribution in [2.45, 2.75) is 51.4 Å². The summed E-state index contributed by atoms with van der Waals surface area (Å²) in [7, 11) is 1.70. The Kier molecular flexibility index (Phi) is 5.76. The number of amides is 1. The van der Waals surface area contributed by atoms with Gasteiger partial charge >= 0.3 is 0 Å². The molecule has 21 heavy (non-hydrogen) atoms. The first-order valence-electron chi connectivity index (χ1n) is 7.81. The molecule has 0 aromatic heterocycles. The molecule has 1 N–H and O–H groups in total. The maximum Gasteiger partial charge on any atom is 0.241 e. The predicted molar refractivity (Wildman–Crippen MR) is 83.8 cm³/mol. The summed E-state index contributed by atoms with van der Waals surface area (Å²) in [4.78, 5) is 14.7. The fourth-order valence-corrected chi connectivity index (χ4v) is 2.94. The zero-order valence-corrected chi connectivity index (χ0v) is 13.2. The zero-order valence-electron chi connectivity index (χ0n) is 13.2. The lowest BCUT2D eigenvalue weighted by molar-refractivity contribution is -0.132. The van der Waals surface area contributed by atoms with Crippen LogP contribution in [0.5, 0.6) is 0 Å². The van der Waals surface area contributed by atoms with E-state index in [0.29, 0.717) is 6.61 Å². The third-order valence-electron chi connectivity index (χ3n) is 4.10. The Balaban J connectivity index is 2.20. The number of carbonyl (C=O) groups is 1. The summed E-state index contributed by atoms with van der Waals surface area (Å²) in [5.41, 5.74) is 1.15. The molecule has 1 heterocycles. The number of nitrogens with one attached hydrogen (secondary N) is 1. The molecular formula is C17H26N2O2. The SMILES string of the molecule is CCCC1NC(c2ccccc2)N(C(C)CCOC)C1=O. The van der Waals surface area contributed by atoms with E-state index in [4.69, 9.17) is 4.74 Å². The van der Waals surface area contributed by atoms with E-state index in [9.17, 15) is 4.79 Å². The molecule has 3 atom stereocenters. The van der Waals surface area contributed by atoms with Gasteiger partial charge in [-0.05, 0) is 25.3 Å². The summed E-state index contributed by atoms with van der Waals surface area (Å²) in [5.74, 6) is 0.217. The molecule has 1 fully saturated rings. The quantitative estimate of drug-likeness (QED) is 0.839. The fourth-order valence-electron chi connectivity index (χ4n) is 2.94. The average Bonchev–Trinajstić information content (AvgIpc) is 2.83. The van der Waals surface area contributed by atoms with Crippen molar-refractivity contribution >= 4 is 5.91 Å². The molecule has 0 radical (unpaired) electrons. The van der Waals surface area contributed by atoms with Crippen molar-refractivity contribution in [3.63, 3.8) is 0 Å². The normalized spacial score (nSPS) is 23.6. The number of nitrogens with zero attached hydrogens (tertiary/aromatic N) is 1. The molecular weight excluding hydrogens is 264 g/mol. The van der Waals surface area contributed by atoms with Gasteiger partial charge in [-0.15, -0.1) is 0 Å². The van der Waals surface area contributed by atoms with Crippen molar-refractivity contribution in [2.75, 3.05) is 13.7 Å². The lowest BCUT2D eigenvalue weighted by atomic mass is 10.1. The second kappa shape index (κ2) is 7.57. The van der Waals surface area contributed by atoms with E-state index in [1.165, 1.54) is 0 Å². The Labute approximate surface area is 127 Å². The van der Waals surface area contributed by atoms with Gasteiger partial charge in [0.05, 0.1) is 6.04 Å². The molecule has 0 bridgehead atoms. The molecule has 1 aromatic rings. The fraction of sp³-hybridized carbons (Fsp3) is 0.588. The van der Waals surface area contributed by atoms with Crippen molar-refractivity contribution in [1.82, 2.24) is 10.2 Å². The van der Waals surface area contributed by atoms with Crippen LogP contribution in [0, 0.1) is 0 Å². The van der Waals surface area contributed by atoms with Crippen LogP contribution in [0.4, 0.5) is 0 Å². The third-order valence-corrected chi connectivity index (χ3v) is 4.10. The molecule has 1 aromatic carbocycles. The molecule has 1 aliphatic rings. The van der Waals surface area contributed by atoms with E-state index < -0.39 is 0 Å². The van der Waals surface area contributed by atoms with Crippen LogP contribution in [-0.4, -0.2) is 36.6 Å². The minimum Gasteiger partial charge on any atom is -0.385 e. The molecule has 4 heteroatoms. The van der Waals surface area contributed by atoms with Gasteiger partial charge in [0.1, 0.15) is 6.17 Å². The molecule has 4 nitrogen and oxygen atoms in total. The van der Waals surface area contributed by atoms with Crippen LogP contribution in [0.25, 0.3) is 0 Å². The highest BCUT2D eigenvalue weighted by Crippen LogP contribution is 2.29. The number of hydrogen-bond acceptors (Lipinski definition) is 3. The van der Waals surface area contributed by atoms with Crippen molar-refractivity contribution in [3.05, 3.63) is 35.9 Å². The van der Waals surface area contributed by atoms with Crippen LogP contribution in [0.15, 0.2) is 30.3 Å². The molecule has 2 rings (SSSR count). The minimum atomic E-state index is -0.0646. The van der Waals surface area contributed by atoms with Gasteiger partial charge in [-0.2, -0.15) is 0 Å². The Morgan fingerprint density at radius 1 is 1.33 bits per heavy atom. The van der Waals surface area contributed by atoms with E-state index in [1.54, 1.807) is 7.11 Å². The van der Waals surface area contributed by atoms with Crippen molar-refractivity contribution < 1.29 is 9.53 Å². The maximum absolute atomic E-state index is 12.7. The second-order valence-electron chi connectivity index (χ2n) is 5.70. The molecule has 116 valence electrons. The maximum atomic E-state index is 12.7. The smallest absolute Gasteiger partial charge is 0.241 e. The van der Waals surface area contributed by atoms with Crippen molar-refractivity contribution in [2.24, 2.45) is 0 Å². The van der Waals surface area contributed by atoms with Crippen molar-refractivity contribution in [3.8, 4) is 0 Å². The Hall–Kier alpha value is -1.39. The van der Waals surface area contributed by atoms with E-state index in [1.807, 2.05) is 23.1 Å². The Bertz CT molecular complexity index is 449. The Morgan fingerprint density at radius 3 is 2.67 bits per heavy atom. The van der Waals surface area contributed by atoms with E-state index in [-0.39, 0.29) is 24.2 Å². The van der Waals surface area contributed by atoms with E-state index >= 15 is 0 Å². The zero-order chi connectivity index (χ0) is 15.2. The minimum absolute atomic E-state index is 0.0258. The first-order valence-corrected chi connectivity index (χ1v) is 7.81. The van der Waals surface area contributed by atoms with Crippen LogP contribution in [-0.2, 0) is 9.53 Å². The van der Waals surface area contributed by atoms with Crippen LogP contribution >= 0.6 is 0 Å². The lowest BCUT2D eigenvalue weighted by Gasteiger charge is -2.30. The highest BCUT2D eigenvalue weighted by Gasteiger charge is 2.41. The second-order valence-corrected chi connectivity index (χ2v) is 5.70. The number of benzene rings is 1. The molecule has 0 aliphatic carbocycles. The van der Waals surface area contributed by atoms with Gasteiger partial charge in [0.25, 0.3) is 0 Å². The molecule has 1 saturated heterocycles.